The lowest BCUT2D eigenvalue weighted by Crippen LogP contribution is -2.27. The van der Waals surface area contributed by atoms with E-state index in [1.807, 2.05) is 25.1 Å². The Bertz CT molecular complexity index is 1030. The molecule has 5 nitrogen and oxygen atoms in total. The van der Waals surface area contributed by atoms with Gasteiger partial charge in [0.15, 0.2) is 16.7 Å². The van der Waals surface area contributed by atoms with Crippen molar-refractivity contribution in [2.24, 2.45) is 0 Å². The number of carbonyl (C=O) groups excluding carboxylic acids is 1. The topological polar surface area (TPSA) is 62.6 Å². The number of benzene rings is 2. The molecule has 0 radical (unpaired) electrons. The third-order valence-corrected chi connectivity index (χ3v) is 4.95. The lowest BCUT2D eigenvalue weighted by atomic mass is 10.2. The number of nitrogens with zero attached hydrogens (tertiary/aromatic N) is 1. The molecule has 142 valence electrons. The van der Waals surface area contributed by atoms with Gasteiger partial charge < -0.3 is 9.32 Å². The van der Waals surface area contributed by atoms with Crippen LogP contribution >= 0.6 is 0 Å². The van der Waals surface area contributed by atoms with Gasteiger partial charge in [-0.2, -0.15) is 13.2 Å². The van der Waals surface area contributed by atoms with Crippen molar-refractivity contribution in [2.45, 2.75) is 11.1 Å². The zero-order chi connectivity index (χ0) is 19.8. The Labute approximate surface area is 155 Å². The molecule has 1 amide bonds. The fourth-order valence-electron chi connectivity index (χ4n) is 2.46. The van der Waals surface area contributed by atoms with Crippen LogP contribution in [-0.4, -0.2) is 24.2 Å². The Morgan fingerprint density at radius 1 is 1.11 bits per heavy atom. The number of anilines is 1. The average Bonchev–Trinajstić information content (AvgIpc) is 3.04. The van der Waals surface area contributed by atoms with E-state index >= 15 is 0 Å². The van der Waals surface area contributed by atoms with Gasteiger partial charge in [0.1, 0.15) is 5.58 Å². The molecule has 0 saturated heterocycles. The van der Waals surface area contributed by atoms with Gasteiger partial charge in [-0.25, -0.2) is 4.21 Å². The quantitative estimate of drug-likeness (QED) is 0.725. The summed E-state index contributed by atoms with van der Waals surface area (Å²) in [6.07, 6.45) is -4.68. The highest BCUT2D eigenvalue weighted by Crippen LogP contribution is 2.33. The van der Waals surface area contributed by atoms with Crippen LogP contribution in [0.1, 0.15) is 16.1 Å². The largest absolute Gasteiger partial charge is 0.451 e. The Morgan fingerprint density at radius 3 is 2.48 bits per heavy atom. The van der Waals surface area contributed by atoms with Crippen molar-refractivity contribution < 1.29 is 26.6 Å². The number of furan rings is 1. The number of hydrogen-bond donors (Lipinski definition) is 1. The van der Waals surface area contributed by atoms with Gasteiger partial charge in [0.05, 0.1) is 10.5 Å². The van der Waals surface area contributed by atoms with Crippen LogP contribution in [0, 0.1) is 0 Å². The van der Waals surface area contributed by atoms with Gasteiger partial charge in [-0.05, 0) is 30.3 Å². The van der Waals surface area contributed by atoms with Gasteiger partial charge in [0.25, 0.3) is 5.91 Å². The van der Waals surface area contributed by atoms with Gasteiger partial charge in [0, 0.05) is 31.2 Å². The first-order chi connectivity index (χ1) is 12.7. The molecular formula is C18H15F3N2O3S. The minimum absolute atomic E-state index is 0.140. The summed E-state index contributed by atoms with van der Waals surface area (Å²) < 4.78 is 58.9. The molecule has 0 aliphatic heterocycles. The van der Waals surface area contributed by atoms with E-state index in [1.165, 1.54) is 18.2 Å². The molecule has 1 N–H and O–H groups in total. The number of rotatable bonds is 4. The summed E-state index contributed by atoms with van der Waals surface area (Å²) >= 11 is 0. The molecule has 3 rings (SSSR count). The monoisotopic (exact) mass is 396 g/mol. The number of halogens is 3. The number of nitrogens with one attached hydrogen (secondary N) is 1. The van der Waals surface area contributed by atoms with Gasteiger partial charge in [-0.15, -0.1) is 0 Å². The van der Waals surface area contributed by atoms with Gasteiger partial charge in [-0.1, -0.05) is 12.1 Å². The summed E-state index contributed by atoms with van der Waals surface area (Å²) in [6.45, 7) is 0. The highest BCUT2D eigenvalue weighted by Gasteiger charge is 2.35. The maximum Gasteiger partial charge on any atom is 0.417 e. The molecule has 0 aliphatic rings. The number of carbonyl (C=O) groups is 1. The van der Waals surface area contributed by atoms with Crippen LogP contribution in [0.3, 0.4) is 0 Å². The van der Waals surface area contributed by atoms with Gasteiger partial charge in [0.2, 0.25) is 0 Å². The maximum atomic E-state index is 13.0. The average molecular weight is 396 g/mol. The lowest BCUT2D eigenvalue weighted by Gasteiger charge is -2.12. The van der Waals surface area contributed by atoms with E-state index in [2.05, 4.69) is 4.72 Å². The molecule has 1 aromatic heterocycles. The summed E-state index contributed by atoms with van der Waals surface area (Å²) in [5.74, 6) is -1.01. The lowest BCUT2D eigenvalue weighted by molar-refractivity contribution is -0.139. The first-order valence-corrected chi connectivity index (χ1v) is 8.91. The normalized spacial score (nSPS) is 12.8. The first-order valence-electron chi connectivity index (χ1n) is 7.77. The Morgan fingerprint density at radius 2 is 1.81 bits per heavy atom. The van der Waals surface area contributed by atoms with Crippen LogP contribution in [0.2, 0.25) is 0 Å². The summed E-state index contributed by atoms with van der Waals surface area (Å²) in [5.41, 5.74) is 0.225. The standard InChI is InChI=1S/C18H15F3N2O3S/c1-23(2)12-8-7-11-9-15(26-14(11)10-12)17(24)22-27(25)16-6-4-3-5-13(16)18(19,20)21/h3-10H,1-2H3,(H,22,24). The molecular weight excluding hydrogens is 381 g/mol. The van der Waals surface area contributed by atoms with Crippen LogP contribution in [-0.2, 0) is 17.2 Å². The van der Waals surface area contributed by atoms with Crippen molar-refractivity contribution in [3.8, 4) is 0 Å². The second-order valence-electron chi connectivity index (χ2n) is 5.92. The minimum atomic E-state index is -4.68. The molecule has 1 unspecified atom stereocenters. The smallest absolute Gasteiger partial charge is 0.417 e. The van der Waals surface area contributed by atoms with Crippen molar-refractivity contribution in [1.82, 2.24) is 4.72 Å². The third-order valence-electron chi connectivity index (χ3n) is 3.82. The van der Waals surface area contributed by atoms with Gasteiger partial charge in [-0.3, -0.25) is 9.52 Å². The van der Waals surface area contributed by atoms with Crippen LogP contribution in [0.5, 0.6) is 0 Å². The number of hydrogen-bond acceptors (Lipinski definition) is 4. The molecule has 0 spiro atoms. The number of amides is 1. The molecule has 2 aromatic carbocycles. The fourth-order valence-corrected chi connectivity index (χ4v) is 3.43. The molecule has 27 heavy (non-hydrogen) atoms. The predicted molar refractivity (Wildman–Crippen MR) is 95.9 cm³/mol. The van der Waals surface area contributed by atoms with Crippen LogP contribution in [0.4, 0.5) is 18.9 Å². The molecule has 1 heterocycles. The van der Waals surface area contributed by atoms with E-state index < -0.39 is 33.5 Å². The predicted octanol–water partition coefficient (Wildman–Crippen LogP) is 3.97. The maximum absolute atomic E-state index is 13.0. The molecule has 0 bridgehead atoms. The van der Waals surface area contributed by atoms with Gasteiger partial charge >= 0.3 is 6.18 Å². The minimum Gasteiger partial charge on any atom is -0.451 e. The van der Waals surface area contributed by atoms with E-state index in [9.17, 15) is 22.2 Å². The summed E-state index contributed by atoms with van der Waals surface area (Å²) in [5, 5.41) is 0.646. The zero-order valence-electron chi connectivity index (χ0n) is 14.3. The van der Waals surface area contributed by atoms with Crippen molar-refractivity contribution in [1.29, 1.82) is 0 Å². The second-order valence-corrected chi connectivity index (χ2v) is 7.10. The first kappa shape index (κ1) is 19.0. The van der Waals surface area contributed by atoms with E-state index in [4.69, 9.17) is 4.42 Å². The molecule has 0 fully saturated rings. The summed E-state index contributed by atoms with van der Waals surface area (Å²) in [4.78, 5) is 13.6. The Kier molecular flexibility index (Phi) is 4.97. The SMILES string of the molecule is CN(C)c1ccc2cc(C(=O)NS(=O)c3ccccc3C(F)(F)F)oc2c1. The Balaban J connectivity index is 1.86. The second kappa shape index (κ2) is 7.07. The van der Waals surface area contributed by atoms with E-state index in [0.29, 0.717) is 11.0 Å². The van der Waals surface area contributed by atoms with Crippen LogP contribution in [0.15, 0.2) is 57.8 Å². The van der Waals surface area contributed by atoms with E-state index in [0.717, 1.165) is 17.8 Å². The van der Waals surface area contributed by atoms with Crippen molar-refractivity contribution in [3.05, 3.63) is 59.9 Å². The van der Waals surface area contributed by atoms with Crippen molar-refractivity contribution in [3.63, 3.8) is 0 Å². The highest BCUT2D eigenvalue weighted by molar-refractivity contribution is 7.83. The van der Waals surface area contributed by atoms with Crippen LogP contribution in [0.25, 0.3) is 11.0 Å². The van der Waals surface area contributed by atoms with Crippen LogP contribution < -0.4 is 9.62 Å². The number of alkyl halides is 3. The van der Waals surface area contributed by atoms with Crippen molar-refractivity contribution in [2.75, 3.05) is 19.0 Å². The zero-order valence-corrected chi connectivity index (χ0v) is 15.1. The highest BCUT2D eigenvalue weighted by atomic mass is 32.2. The fraction of sp³-hybridized carbons (Fsp3) is 0.167. The molecule has 0 aliphatic carbocycles. The molecule has 9 heteroatoms. The molecule has 3 aromatic rings. The number of fused-ring (bicyclic) bond motifs is 1. The molecule has 0 saturated carbocycles. The van der Waals surface area contributed by atoms with E-state index in [-0.39, 0.29) is 5.76 Å². The molecule has 1 atom stereocenters. The third kappa shape index (κ3) is 3.97. The van der Waals surface area contributed by atoms with E-state index in [1.54, 1.807) is 12.1 Å². The summed E-state index contributed by atoms with van der Waals surface area (Å²) in [7, 11) is 1.30. The Hall–Kier alpha value is -2.81. The van der Waals surface area contributed by atoms with Crippen molar-refractivity contribution >= 4 is 33.5 Å². The summed E-state index contributed by atoms with van der Waals surface area (Å²) in [6, 6.07) is 11.1.